The lowest BCUT2D eigenvalue weighted by atomic mass is 10.1. The van der Waals surface area contributed by atoms with Gasteiger partial charge in [0, 0.05) is 21.9 Å². The summed E-state index contributed by atoms with van der Waals surface area (Å²) in [5, 5.41) is 0. The van der Waals surface area contributed by atoms with Gasteiger partial charge in [0.05, 0.1) is 17.6 Å². The Morgan fingerprint density at radius 3 is 2.75 bits per heavy atom. The summed E-state index contributed by atoms with van der Waals surface area (Å²) < 4.78 is 8.51. The Kier molecular flexibility index (Phi) is 4.88. The van der Waals surface area contributed by atoms with Crippen molar-refractivity contribution >= 4 is 37.5 Å². The number of aromatic nitrogens is 1. The van der Waals surface area contributed by atoms with Crippen LogP contribution in [0.3, 0.4) is 0 Å². The summed E-state index contributed by atoms with van der Waals surface area (Å²) in [6.07, 6.45) is 1.74. The Hall–Kier alpha value is -1.27. The molecule has 2 N–H and O–H groups in total. The number of nitrogens with two attached hydrogens (primary N) is 1. The molecule has 0 amide bonds. The summed E-state index contributed by atoms with van der Waals surface area (Å²) in [5.41, 5.74) is 7.23. The van der Waals surface area contributed by atoms with Crippen molar-refractivity contribution in [2.24, 2.45) is 0 Å². The first kappa shape index (κ1) is 15.1. The first-order valence-corrected chi connectivity index (χ1v) is 7.66. The second-order valence-electron chi connectivity index (χ2n) is 4.24. The molecule has 0 bridgehead atoms. The number of anilines is 1. The summed E-state index contributed by atoms with van der Waals surface area (Å²) in [7, 11) is 0. The summed E-state index contributed by atoms with van der Waals surface area (Å²) in [6.45, 7) is 2.88. The maximum atomic E-state index is 12.1. The molecule has 0 aliphatic carbocycles. The molecule has 2 rings (SSSR count). The number of ether oxygens (including phenoxy) is 1. The normalized spacial score (nSPS) is 10.6. The molecule has 0 aliphatic heterocycles. The lowest BCUT2D eigenvalue weighted by Gasteiger charge is -2.13. The second-order valence-corrected chi connectivity index (χ2v) is 6.01. The molecule has 1 aromatic carbocycles. The van der Waals surface area contributed by atoms with Crippen LogP contribution in [0.5, 0.6) is 5.75 Å². The molecule has 0 unspecified atom stereocenters. The van der Waals surface area contributed by atoms with Crippen molar-refractivity contribution in [3.05, 3.63) is 55.3 Å². The van der Waals surface area contributed by atoms with E-state index in [2.05, 4.69) is 31.9 Å². The van der Waals surface area contributed by atoms with Crippen molar-refractivity contribution in [3.8, 4) is 5.75 Å². The molecule has 0 atom stereocenters. The van der Waals surface area contributed by atoms with E-state index in [4.69, 9.17) is 10.5 Å². The SMILES string of the molecule is CCOc1ccc(N)cc1Cn1cc(Br)cc(Br)c1=O. The van der Waals surface area contributed by atoms with E-state index in [9.17, 15) is 4.79 Å². The van der Waals surface area contributed by atoms with Gasteiger partial charge in [0.25, 0.3) is 5.56 Å². The van der Waals surface area contributed by atoms with Gasteiger partial charge < -0.3 is 15.0 Å². The molecule has 0 radical (unpaired) electrons. The lowest BCUT2D eigenvalue weighted by molar-refractivity contribution is 0.335. The number of halogens is 2. The fourth-order valence-corrected chi connectivity index (χ4v) is 3.14. The van der Waals surface area contributed by atoms with Crippen LogP contribution in [0.25, 0.3) is 0 Å². The van der Waals surface area contributed by atoms with Crippen LogP contribution >= 0.6 is 31.9 Å². The van der Waals surface area contributed by atoms with Crippen molar-refractivity contribution in [2.75, 3.05) is 12.3 Å². The van der Waals surface area contributed by atoms with Crippen LogP contribution in [0.2, 0.25) is 0 Å². The van der Waals surface area contributed by atoms with Gasteiger partial charge in [-0.05, 0) is 63.0 Å². The number of nitrogen functional groups attached to an aromatic ring is 1. The van der Waals surface area contributed by atoms with E-state index in [0.717, 1.165) is 15.8 Å². The molecule has 1 aromatic heterocycles. The summed E-state index contributed by atoms with van der Waals surface area (Å²) >= 11 is 6.63. The Labute approximate surface area is 133 Å². The Morgan fingerprint density at radius 2 is 2.05 bits per heavy atom. The van der Waals surface area contributed by atoms with Crippen LogP contribution in [-0.2, 0) is 6.54 Å². The van der Waals surface area contributed by atoms with Gasteiger partial charge in [0.1, 0.15) is 5.75 Å². The summed E-state index contributed by atoms with van der Waals surface area (Å²) in [5.74, 6) is 0.740. The minimum Gasteiger partial charge on any atom is -0.494 e. The van der Waals surface area contributed by atoms with E-state index < -0.39 is 0 Å². The van der Waals surface area contributed by atoms with Crippen molar-refractivity contribution in [1.29, 1.82) is 0 Å². The molecule has 0 fully saturated rings. The van der Waals surface area contributed by atoms with Crippen molar-refractivity contribution in [1.82, 2.24) is 4.57 Å². The van der Waals surface area contributed by atoms with Gasteiger partial charge in [-0.15, -0.1) is 0 Å². The molecule has 0 saturated heterocycles. The average Bonchev–Trinajstić information content (AvgIpc) is 2.38. The molecule has 0 spiro atoms. The van der Waals surface area contributed by atoms with E-state index in [1.165, 1.54) is 0 Å². The van der Waals surface area contributed by atoms with E-state index in [1.54, 1.807) is 22.9 Å². The van der Waals surface area contributed by atoms with Gasteiger partial charge in [-0.25, -0.2) is 0 Å². The van der Waals surface area contributed by atoms with Crippen LogP contribution in [0.15, 0.2) is 44.2 Å². The molecule has 4 nitrogen and oxygen atoms in total. The first-order valence-electron chi connectivity index (χ1n) is 6.08. The van der Waals surface area contributed by atoms with E-state index in [1.807, 2.05) is 19.1 Å². The molecule has 0 saturated carbocycles. The molecule has 0 aliphatic rings. The third-order valence-corrected chi connectivity index (χ3v) is 3.74. The zero-order valence-electron chi connectivity index (χ0n) is 10.9. The predicted octanol–water partition coefficient (Wildman–Crippen LogP) is 3.40. The number of benzene rings is 1. The molecular weight excluding hydrogens is 388 g/mol. The average molecular weight is 402 g/mol. The van der Waals surface area contributed by atoms with E-state index in [-0.39, 0.29) is 5.56 Å². The fraction of sp³-hybridized carbons (Fsp3) is 0.214. The van der Waals surface area contributed by atoms with Crippen LogP contribution in [-0.4, -0.2) is 11.2 Å². The monoisotopic (exact) mass is 400 g/mol. The van der Waals surface area contributed by atoms with Crippen LogP contribution in [0.4, 0.5) is 5.69 Å². The number of pyridine rings is 1. The Morgan fingerprint density at radius 1 is 1.30 bits per heavy atom. The van der Waals surface area contributed by atoms with Gasteiger partial charge in [-0.2, -0.15) is 0 Å². The van der Waals surface area contributed by atoms with E-state index >= 15 is 0 Å². The zero-order valence-corrected chi connectivity index (χ0v) is 14.1. The molecule has 106 valence electrons. The molecule has 6 heteroatoms. The number of nitrogens with zero attached hydrogens (tertiary/aromatic N) is 1. The zero-order chi connectivity index (χ0) is 14.7. The maximum Gasteiger partial charge on any atom is 0.265 e. The predicted molar refractivity (Wildman–Crippen MR) is 87.2 cm³/mol. The second kappa shape index (κ2) is 6.45. The Balaban J connectivity index is 2.44. The smallest absolute Gasteiger partial charge is 0.265 e. The summed E-state index contributed by atoms with van der Waals surface area (Å²) in [4.78, 5) is 12.1. The highest BCUT2D eigenvalue weighted by atomic mass is 79.9. The van der Waals surface area contributed by atoms with Gasteiger partial charge in [0.15, 0.2) is 0 Å². The minimum atomic E-state index is -0.0990. The molecular formula is C14H14Br2N2O2. The third kappa shape index (κ3) is 3.43. The molecule has 20 heavy (non-hydrogen) atoms. The van der Waals surface area contributed by atoms with Crippen molar-refractivity contribution in [2.45, 2.75) is 13.5 Å². The van der Waals surface area contributed by atoms with Crippen molar-refractivity contribution in [3.63, 3.8) is 0 Å². The van der Waals surface area contributed by atoms with Gasteiger partial charge in [0.2, 0.25) is 0 Å². The largest absolute Gasteiger partial charge is 0.494 e. The van der Waals surface area contributed by atoms with Crippen LogP contribution in [0, 0.1) is 0 Å². The topological polar surface area (TPSA) is 57.2 Å². The van der Waals surface area contributed by atoms with Gasteiger partial charge in [-0.3, -0.25) is 4.79 Å². The standard InChI is InChI=1S/C14H14Br2N2O2/c1-2-20-13-4-3-11(17)5-9(13)7-18-8-10(15)6-12(16)14(18)19/h3-6,8H,2,7,17H2,1H3. The van der Waals surface area contributed by atoms with E-state index in [0.29, 0.717) is 23.3 Å². The maximum absolute atomic E-state index is 12.1. The van der Waals surface area contributed by atoms with Crippen LogP contribution < -0.4 is 16.0 Å². The minimum absolute atomic E-state index is 0.0990. The summed E-state index contributed by atoms with van der Waals surface area (Å²) in [6, 6.07) is 7.16. The Bertz CT molecular complexity index is 683. The number of hydrogen-bond acceptors (Lipinski definition) is 3. The quantitative estimate of drug-likeness (QED) is 0.798. The van der Waals surface area contributed by atoms with Gasteiger partial charge in [-0.1, -0.05) is 0 Å². The molecule has 2 aromatic rings. The van der Waals surface area contributed by atoms with Crippen LogP contribution in [0.1, 0.15) is 12.5 Å². The van der Waals surface area contributed by atoms with Gasteiger partial charge >= 0.3 is 0 Å². The highest BCUT2D eigenvalue weighted by Gasteiger charge is 2.08. The number of rotatable bonds is 4. The number of hydrogen-bond donors (Lipinski definition) is 1. The highest BCUT2D eigenvalue weighted by molar-refractivity contribution is 9.11. The highest BCUT2D eigenvalue weighted by Crippen LogP contribution is 2.23. The molecule has 1 heterocycles. The third-order valence-electron chi connectivity index (χ3n) is 2.73. The lowest BCUT2D eigenvalue weighted by Crippen LogP contribution is -2.21. The fourth-order valence-electron chi connectivity index (χ4n) is 1.88. The van der Waals surface area contributed by atoms with Crippen molar-refractivity contribution < 1.29 is 4.74 Å². The first-order chi connectivity index (χ1) is 9.51.